The van der Waals surface area contributed by atoms with Crippen LogP contribution in [-0.2, 0) is 0 Å². The molecule has 0 atom stereocenters. The highest BCUT2D eigenvalue weighted by Crippen LogP contribution is 2.46. The molecule has 6 rings (SSSR count). The predicted molar refractivity (Wildman–Crippen MR) is 166 cm³/mol. The Labute approximate surface area is 224 Å². The summed E-state index contributed by atoms with van der Waals surface area (Å²) in [5.74, 6) is 0. The largest absolute Gasteiger partial charge is 0.0990 e. The van der Waals surface area contributed by atoms with Crippen LogP contribution in [0.4, 0.5) is 0 Å². The summed E-state index contributed by atoms with van der Waals surface area (Å²) in [5, 5.41) is 4.95. The maximum Gasteiger partial charge on any atom is -0.00199 e. The lowest BCUT2D eigenvalue weighted by atomic mass is 9.83. The minimum atomic E-state index is 1.05. The average Bonchev–Trinajstić information content (AvgIpc) is 2.99. The van der Waals surface area contributed by atoms with Crippen LogP contribution in [0.5, 0.6) is 0 Å². The molecule has 0 spiro atoms. The van der Waals surface area contributed by atoms with Crippen molar-refractivity contribution in [3.05, 3.63) is 164 Å². The molecule has 0 heterocycles. The van der Waals surface area contributed by atoms with E-state index in [1.807, 2.05) is 18.2 Å². The van der Waals surface area contributed by atoms with Crippen molar-refractivity contribution in [1.82, 2.24) is 0 Å². The van der Waals surface area contributed by atoms with Crippen LogP contribution < -0.4 is 0 Å². The fraction of sp³-hybridized carbons (Fsp3) is 0. The van der Waals surface area contributed by atoms with E-state index < -0.39 is 0 Å². The molecule has 0 unspecified atom stereocenters. The maximum atomic E-state index is 4.07. The first-order chi connectivity index (χ1) is 18.8. The minimum Gasteiger partial charge on any atom is -0.0990 e. The van der Waals surface area contributed by atoms with Gasteiger partial charge in [-0.05, 0) is 72.1 Å². The van der Waals surface area contributed by atoms with Gasteiger partial charge < -0.3 is 0 Å². The summed E-state index contributed by atoms with van der Waals surface area (Å²) in [5.41, 5.74) is 9.57. The Morgan fingerprint density at radius 3 is 1.68 bits per heavy atom. The molecular weight excluding hydrogens is 456 g/mol. The lowest BCUT2D eigenvalue weighted by molar-refractivity contribution is 1.60. The van der Waals surface area contributed by atoms with Crippen molar-refractivity contribution in [2.45, 2.75) is 0 Å². The Bertz CT molecular complexity index is 1820. The molecule has 0 nitrogen and oxygen atoms in total. The minimum absolute atomic E-state index is 1.05. The molecule has 0 saturated heterocycles. The topological polar surface area (TPSA) is 0 Å². The first kappa shape index (κ1) is 23.5. The monoisotopic (exact) mass is 484 g/mol. The molecule has 0 N–H and O–H groups in total. The lowest BCUT2D eigenvalue weighted by Crippen LogP contribution is -1.94. The van der Waals surface area contributed by atoms with Crippen LogP contribution in [0, 0.1) is 0 Å². The Morgan fingerprint density at radius 1 is 0.474 bits per heavy atom. The zero-order valence-electron chi connectivity index (χ0n) is 21.3. The van der Waals surface area contributed by atoms with Crippen molar-refractivity contribution in [2.24, 2.45) is 0 Å². The summed E-state index contributed by atoms with van der Waals surface area (Å²) in [7, 11) is 0. The maximum absolute atomic E-state index is 4.07. The molecule has 0 saturated carbocycles. The van der Waals surface area contributed by atoms with Crippen molar-refractivity contribution in [1.29, 1.82) is 0 Å². The van der Waals surface area contributed by atoms with Gasteiger partial charge >= 0.3 is 0 Å². The highest BCUT2D eigenvalue weighted by molar-refractivity contribution is 6.22. The first-order valence-electron chi connectivity index (χ1n) is 12.9. The quantitative estimate of drug-likeness (QED) is 0.163. The second-order valence-electron chi connectivity index (χ2n) is 9.40. The third-order valence-corrected chi connectivity index (χ3v) is 7.22. The van der Waals surface area contributed by atoms with Gasteiger partial charge in [0.25, 0.3) is 0 Å². The molecule has 180 valence electrons. The van der Waals surface area contributed by atoms with E-state index in [-0.39, 0.29) is 0 Å². The van der Waals surface area contributed by atoms with Gasteiger partial charge in [-0.1, -0.05) is 153 Å². The Hall–Kier alpha value is -4.94. The van der Waals surface area contributed by atoms with E-state index in [9.17, 15) is 0 Å². The standard InChI is InChI=1S/C38H28/c1-3-15-27(4-2)30-24-25-35-36(26-30)38(32-21-12-11-20-31(32)28-16-7-5-8-17-28)34-23-14-13-22-33(34)37(35)29-18-9-6-10-19-29/h3-26H,1-2H2. The van der Waals surface area contributed by atoms with Gasteiger partial charge in [0.05, 0.1) is 0 Å². The van der Waals surface area contributed by atoms with E-state index >= 15 is 0 Å². The van der Waals surface area contributed by atoms with Crippen molar-refractivity contribution in [3.63, 3.8) is 0 Å². The molecule has 0 fully saturated rings. The van der Waals surface area contributed by atoms with E-state index in [1.165, 1.54) is 54.9 Å². The fourth-order valence-electron chi connectivity index (χ4n) is 5.54. The molecule has 0 aliphatic rings. The van der Waals surface area contributed by atoms with Crippen LogP contribution >= 0.6 is 0 Å². The highest BCUT2D eigenvalue weighted by Gasteiger charge is 2.19. The van der Waals surface area contributed by atoms with Crippen molar-refractivity contribution in [3.8, 4) is 33.4 Å². The molecule has 0 aliphatic heterocycles. The summed E-state index contributed by atoms with van der Waals surface area (Å²) < 4.78 is 0. The van der Waals surface area contributed by atoms with Gasteiger partial charge in [-0.2, -0.15) is 0 Å². The van der Waals surface area contributed by atoms with Crippen LogP contribution in [0.3, 0.4) is 0 Å². The fourth-order valence-corrected chi connectivity index (χ4v) is 5.54. The van der Waals surface area contributed by atoms with Crippen molar-refractivity contribution < 1.29 is 0 Å². The van der Waals surface area contributed by atoms with E-state index in [0.29, 0.717) is 0 Å². The SMILES string of the molecule is C=CC=C(C=C)c1ccc2c(-c3ccccc3)c3ccccc3c(-c3ccccc3-c3ccccc3)c2c1. The molecule has 0 heteroatoms. The average molecular weight is 485 g/mol. The van der Waals surface area contributed by atoms with Crippen LogP contribution in [-0.4, -0.2) is 0 Å². The molecule has 0 aromatic heterocycles. The zero-order chi connectivity index (χ0) is 25.9. The third-order valence-electron chi connectivity index (χ3n) is 7.22. The molecule has 0 amide bonds. The number of hydrogen-bond acceptors (Lipinski definition) is 0. The van der Waals surface area contributed by atoms with Crippen LogP contribution in [0.25, 0.3) is 60.5 Å². The number of hydrogen-bond donors (Lipinski definition) is 0. The van der Waals surface area contributed by atoms with Gasteiger partial charge in [-0.3, -0.25) is 0 Å². The zero-order valence-corrected chi connectivity index (χ0v) is 21.3. The number of allylic oxidation sites excluding steroid dienone is 4. The van der Waals surface area contributed by atoms with Crippen LogP contribution in [0.15, 0.2) is 159 Å². The molecule has 0 radical (unpaired) electrons. The van der Waals surface area contributed by atoms with Gasteiger partial charge in [0, 0.05) is 0 Å². The molecule has 6 aromatic rings. The second kappa shape index (κ2) is 10.2. The summed E-state index contributed by atoms with van der Waals surface area (Å²) in [6.45, 7) is 7.99. The lowest BCUT2D eigenvalue weighted by Gasteiger charge is -2.20. The van der Waals surface area contributed by atoms with E-state index in [2.05, 4.69) is 141 Å². The van der Waals surface area contributed by atoms with Crippen molar-refractivity contribution in [2.75, 3.05) is 0 Å². The van der Waals surface area contributed by atoms with E-state index in [0.717, 1.165) is 11.1 Å². The normalized spacial score (nSPS) is 11.5. The Kier molecular flexibility index (Phi) is 6.30. The van der Waals surface area contributed by atoms with E-state index in [4.69, 9.17) is 0 Å². The Balaban J connectivity index is 1.81. The molecule has 0 bridgehead atoms. The summed E-state index contributed by atoms with van der Waals surface area (Å²) >= 11 is 0. The molecule has 0 aliphatic carbocycles. The highest BCUT2D eigenvalue weighted by atomic mass is 14.2. The summed E-state index contributed by atoms with van der Waals surface area (Å²) in [4.78, 5) is 0. The van der Waals surface area contributed by atoms with Crippen LogP contribution in [0.1, 0.15) is 5.56 Å². The van der Waals surface area contributed by atoms with Crippen LogP contribution in [0.2, 0.25) is 0 Å². The second-order valence-corrected chi connectivity index (χ2v) is 9.40. The number of rotatable bonds is 6. The molecular formula is C38H28. The Morgan fingerprint density at radius 2 is 1.03 bits per heavy atom. The smallest absolute Gasteiger partial charge is 0.00199 e. The summed E-state index contributed by atoms with van der Waals surface area (Å²) in [6, 6.07) is 45.8. The number of benzene rings is 6. The van der Waals surface area contributed by atoms with Gasteiger partial charge in [0.2, 0.25) is 0 Å². The molecule has 6 aromatic carbocycles. The van der Waals surface area contributed by atoms with Gasteiger partial charge in [-0.25, -0.2) is 0 Å². The molecule has 38 heavy (non-hydrogen) atoms. The number of fused-ring (bicyclic) bond motifs is 2. The van der Waals surface area contributed by atoms with Gasteiger partial charge in [0.15, 0.2) is 0 Å². The van der Waals surface area contributed by atoms with Gasteiger partial charge in [-0.15, -0.1) is 0 Å². The summed E-state index contributed by atoms with van der Waals surface area (Å²) in [6.07, 6.45) is 5.74. The predicted octanol–water partition coefficient (Wildman–Crippen LogP) is 10.7. The first-order valence-corrected chi connectivity index (χ1v) is 12.9. The van der Waals surface area contributed by atoms with Gasteiger partial charge in [0.1, 0.15) is 0 Å². The van der Waals surface area contributed by atoms with Crippen molar-refractivity contribution >= 4 is 27.1 Å². The third kappa shape index (κ3) is 4.07. The van der Waals surface area contributed by atoms with E-state index in [1.54, 1.807) is 0 Å².